The minimum atomic E-state index is -0.914. The van der Waals surface area contributed by atoms with Gasteiger partial charge in [-0.15, -0.1) is 0 Å². The average molecular weight is 343 g/mol. The lowest BCUT2D eigenvalue weighted by Crippen LogP contribution is -2.51. The summed E-state index contributed by atoms with van der Waals surface area (Å²) in [7, 11) is 0. The Hall–Kier alpha value is -1.59. The molecule has 2 saturated heterocycles. The summed E-state index contributed by atoms with van der Waals surface area (Å²) < 4.78 is 0. The van der Waals surface area contributed by atoms with Crippen molar-refractivity contribution in [1.29, 1.82) is 0 Å². The lowest BCUT2D eigenvalue weighted by Gasteiger charge is -2.32. The Balaban J connectivity index is 1.34. The molecule has 2 aliphatic heterocycles. The molecule has 2 heterocycles. The van der Waals surface area contributed by atoms with Crippen molar-refractivity contribution in [3.63, 3.8) is 0 Å². The van der Waals surface area contributed by atoms with Gasteiger partial charge < -0.3 is 20.2 Å². The van der Waals surface area contributed by atoms with Crippen molar-refractivity contribution in [2.24, 2.45) is 0 Å². The SMILES string of the molecule is O=C(NC1(CN2CCCCC2)CC1)N1CC[C@](O)(c2ccccc2)C1. The molecule has 3 aliphatic rings. The van der Waals surface area contributed by atoms with Crippen LogP contribution < -0.4 is 5.32 Å². The van der Waals surface area contributed by atoms with Gasteiger partial charge in [0.1, 0.15) is 5.60 Å². The van der Waals surface area contributed by atoms with Gasteiger partial charge in [-0.3, -0.25) is 0 Å². The highest BCUT2D eigenvalue weighted by molar-refractivity contribution is 5.76. The molecule has 1 aliphatic carbocycles. The predicted molar refractivity (Wildman–Crippen MR) is 97.3 cm³/mol. The van der Waals surface area contributed by atoms with E-state index in [1.165, 1.54) is 19.3 Å². The molecule has 0 spiro atoms. The van der Waals surface area contributed by atoms with Crippen LogP contribution in [0.3, 0.4) is 0 Å². The molecule has 0 aromatic heterocycles. The van der Waals surface area contributed by atoms with Gasteiger partial charge in [-0.2, -0.15) is 0 Å². The fraction of sp³-hybridized carbons (Fsp3) is 0.650. The van der Waals surface area contributed by atoms with Gasteiger partial charge in [0.05, 0.1) is 12.1 Å². The van der Waals surface area contributed by atoms with Crippen molar-refractivity contribution in [2.75, 3.05) is 32.7 Å². The number of carbonyl (C=O) groups is 1. The number of benzene rings is 1. The fourth-order valence-electron chi connectivity index (χ4n) is 4.28. The van der Waals surface area contributed by atoms with Crippen LogP contribution in [-0.2, 0) is 5.60 Å². The van der Waals surface area contributed by atoms with E-state index in [-0.39, 0.29) is 11.6 Å². The Kier molecular flexibility index (Phi) is 4.46. The summed E-state index contributed by atoms with van der Waals surface area (Å²) in [6, 6.07) is 9.70. The maximum absolute atomic E-state index is 12.7. The summed E-state index contributed by atoms with van der Waals surface area (Å²) in [5, 5.41) is 14.2. The molecule has 136 valence electrons. The van der Waals surface area contributed by atoms with Crippen molar-refractivity contribution in [3.05, 3.63) is 35.9 Å². The Morgan fingerprint density at radius 1 is 1.04 bits per heavy atom. The third kappa shape index (κ3) is 3.67. The molecule has 1 aromatic rings. The second kappa shape index (κ2) is 6.61. The molecule has 1 aromatic carbocycles. The van der Waals surface area contributed by atoms with Crippen LogP contribution in [0.5, 0.6) is 0 Å². The van der Waals surface area contributed by atoms with Crippen molar-refractivity contribution in [1.82, 2.24) is 15.1 Å². The van der Waals surface area contributed by atoms with Crippen molar-refractivity contribution in [2.45, 2.75) is 49.7 Å². The monoisotopic (exact) mass is 343 g/mol. The van der Waals surface area contributed by atoms with Crippen molar-refractivity contribution in [3.8, 4) is 0 Å². The maximum Gasteiger partial charge on any atom is 0.317 e. The third-order valence-corrected chi connectivity index (χ3v) is 6.05. The van der Waals surface area contributed by atoms with Crippen LogP contribution in [0.25, 0.3) is 0 Å². The molecule has 1 saturated carbocycles. The molecule has 0 bridgehead atoms. The molecule has 0 unspecified atom stereocenters. The summed E-state index contributed by atoms with van der Waals surface area (Å²) in [4.78, 5) is 17.0. The average Bonchev–Trinajstić information content (AvgIpc) is 3.25. The third-order valence-electron chi connectivity index (χ3n) is 6.05. The van der Waals surface area contributed by atoms with Gasteiger partial charge in [0.2, 0.25) is 0 Å². The highest BCUT2D eigenvalue weighted by atomic mass is 16.3. The van der Waals surface area contributed by atoms with E-state index in [1.807, 2.05) is 30.3 Å². The smallest absolute Gasteiger partial charge is 0.317 e. The lowest BCUT2D eigenvalue weighted by molar-refractivity contribution is 0.0490. The minimum Gasteiger partial charge on any atom is -0.383 e. The summed E-state index contributed by atoms with van der Waals surface area (Å²) in [6.45, 7) is 4.29. The standard InChI is InChI=1S/C20H29N3O2/c24-18(21-19(9-10-19)15-22-12-5-2-6-13-22)23-14-11-20(25,16-23)17-7-3-1-4-8-17/h1,3-4,7-8,25H,2,5-6,9-16H2,(H,21,24)/t20-/m1/s1. The molecular formula is C20H29N3O2. The van der Waals surface area contributed by atoms with E-state index in [2.05, 4.69) is 10.2 Å². The van der Waals surface area contributed by atoms with Crippen molar-refractivity contribution < 1.29 is 9.90 Å². The van der Waals surface area contributed by atoms with Crippen LogP contribution >= 0.6 is 0 Å². The molecule has 2 amide bonds. The number of amides is 2. The van der Waals surface area contributed by atoms with Crippen LogP contribution in [-0.4, -0.2) is 59.2 Å². The molecular weight excluding hydrogens is 314 g/mol. The second-order valence-electron chi connectivity index (χ2n) is 8.12. The number of hydrogen-bond acceptors (Lipinski definition) is 3. The van der Waals surface area contributed by atoms with Crippen LogP contribution in [0, 0.1) is 0 Å². The zero-order valence-corrected chi connectivity index (χ0v) is 14.9. The number of aliphatic hydroxyl groups is 1. The Morgan fingerprint density at radius 3 is 2.44 bits per heavy atom. The number of piperidine rings is 1. The number of nitrogens with one attached hydrogen (secondary N) is 1. The Bertz CT molecular complexity index is 611. The van der Waals surface area contributed by atoms with Gasteiger partial charge >= 0.3 is 6.03 Å². The lowest BCUT2D eigenvalue weighted by atomic mass is 9.93. The number of carbonyl (C=O) groups excluding carboxylic acids is 1. The first-order valence-corrected chi connectivity index (χ1v) is 9.66. The number of nitrogens with zero attached hydrogens (tertiary/aromatic N) is 2. The molecule has 4 rings (SSSR count). The quantitative estimate of drug-likeness (QED) is 0.882. The number of β-amino-alcohol motifs (C(OH)–C–C–N with tert-alkyl or cyclic N) is 1. The fourth-order valence-corrected chi connectivity index (χ4v) is 4.28. The van der Waals surface area contributed by atoms with Gasteiger partial charge in [-0.1, -0.05) is 36.8 Å². The molecule has 1 atom stereocenters. The minimum absolute atomic E-state index is 0.0126. The van der Waals surface area contributed by atoms with E-state index < -0.39 is 5.60 Å². The maximum atomic E-state index is 12.7. The second-order valence-corrected chi connectivity index (χ2v) is 8.12. The first-order chi connectivity index (χ1) is 12.1. The van der Waals surface area contributed by atoms with E-state index in [0.717, 1.165) is 38.0 Å². The summed E-state index contributed by atoms with van der Waals surface area (Å²) in [6.07, 6.45) is 6.64. The van der Waals surface area contributed by atoms with E-state index in [0.29, 0.717) is 19.5 Å². The first-order valence-electron chi connectivity index (χ1n) is 9.66. The highest BCUT2D eigenvalue weighted by Crippen LogP contribution is 2.38. The molecule has 5 heteroatoms. The number of urea groups is 1. The molecule has 25 heavy (non-hydrogen) atoms. The van der Waals surface area contributed by atoms with E-state index in [4.69, 9.17) is 0 Å². The molecule has 0 radical (unpaired) electrons. The normalized spacial score (nSPS) is 28.8. The highest BCUT2D eigenvalue weighted by Gasteiger charge is 2.47. The first kappa shape index (κ1) is 16.9. The molecule has 3 fully saturated rings. The summed E-state index contributed by atoms with van der Waals surface area (Å²) in [5.41, 5.74) is -0.0379. The number of hydrogen-bond donors (Lipinski definition) is 2. The summed E-state index contributed by atoms with van der Waals surface area (Å²) in [5.74, 6) is 0. The molecule has 5 nitrogen and oxygen atoms in total. The summed E-state index contributed by atoms with van der Waals surface area (Å²) >= 11 is 0. The Morgan fingerprint density at radius 2 is 1.76 bits per heavy atom. The Labute approximate surface area is 150 Å². The largest absolute Gasteiger partial charge is 0.383 e. The molecule has 2 N–H and O–H groups in total. The van der Waals surface area contributed by atoms with Gasteiger partial charge in [-0.25, -0.2) is 4.79 Å². The van der Waals surface area contributed by atoms with Gasteiger partial charge in [0.25, 0.3) is 0 Å². The van der Waals surface area contributed by atoms with Crippen molar-refractivity contribution >= 4 is 6.03 Å². The van der Waals surface area contributed by atoms with Crippen LogP contribution in [0.2, 0.25) is 0 Å². The zero-order valence-electron chi connectivity index (χ0n) is 14.9. The van der Waals surface area contributed by atoms with Crippen LogP contribution in [0.4, 0.5) is 4.79 Å². The topological polar surface area (TPSA) is 55.8 Å². The zero-order chi connectivity index (χ0) is 17.3. The predicted octanol–water partition coefficient (Wildman–Crippen LogP) is 2.31. The van der Waals surface area contributed by atoms with Crippen LogP contribution in [0.15, 0.2) is 30.3 Å². The van der Waals surface area contributed by atoms with Gasteiger partial charge in [-0.05, 0) is 50.8 Å². The van der Waals surface area contributed by atoms with Gasteiger partial charge in [0.15, 0.2) is 0 Å². The number of rotatable bonds is 4. The van der Waals surface area contributed by atoms with Gasteiger partial charge in [0, 0.05) is 13.1 Å². The van der Waals surface area contributed by atoms with Crippen LogP contribution in [0.1, 0.15) is 44.1 Å². The van der Waals surface area contributed by atoms with E-state index >= 15 is 0 Å². The number of likely N-dealkylation sites (tertiary alicyclic amines) is 2. The van der Waals surface area contributed by atoms with E-state index in [1.54, 1.807) is 4.90 Å². The van der Waals surface area contributed by atoms with E-state index in [9.17, 15) is 9.90 Å².